The molecular weight excluding hydrogens is 316 g/mol. The number of H-pyrrole nitrogens is 1. The predicted octanol–water partition coefficient (Wildman–Crippen LogP) is 2.22. The molecule has 2 N–H and O–H groups in total. The van der Waals surface area contributed by atoms with Crippen LogP contribution in [0.3, 0.4) is 0 Å². The van der Waals surface area contributed by atoms with Crippen LogP contribution < -0.4 is 10.2 Å². The highest BCUT2D eigenvalue weighted by Gasteiger charge is 2.33. The second kappa shape index (κ2) is 5.51. The van der Waals surface area contributed by atoms with Crippen LogP contribution in [0.2, 0.25) is 5.02 Å². The topological polar surface area (TPSA) is 86.8 Å². The highest BCUT2D eigenvalue weighted by molar-refractivity contribution is 6.31. The molecule has 4 rings (SSSR count). The maximum absolute atomic E-state index is 12.6. The molecule has 1 unspecified atom stereocenters. The summed E-state index contributed by atoms with van der Waals surface area (Å²) in [6, 6.07) is 6.97. The maximum atomic E-state index is 12.6. The van der Waals surface area contributed by atoms with Gasteiger partial charge in [-0.2, -0.15) is 5.10 Å². The third-order valence-corrected chi connectivity index (χ3v) is 4.12. The molecule has 3 aromatic rings. The van der Waals surface area contributed by atoms with E-state index in [0.717, 1.165) is 11.1 Å². The van der Waals surface area contributed by atoms with Crippen molar-refractivity contribution in [3.8, 4) is 0 Å². The van der Waals surface area contributed by atoms with Crippen molar-refractivity contribution >= 4 is 40.0 Å². The molecule has 3 heterocycles. The Bertz CT molecular complexity index is 879. The van der Waals surface area contributed by atoms with E-state index in [1.807, 2.05) is 12.1 Å². The van der Waals surface area contributed by atoms with Crippen molar-refractivity contribution in [3.63, 3.8) is 0 Å². The second-order valence-corrected chi connectivity index (χ2v) is 5.75. The number of carbonyl (C=O) groups excluding carboxylic acids is 1. The first kappa shape index (κ1) is 14.0. The Balaban J connectivity index is 1.57. The van der Waals surface area contributed by atoms with Gasteiger partial charge < -0.3 is 10.2 Å². The van der Waals surface area contributed by atoms with E-state index in [1.165, 1.54) is 6.33 Å². The molecule has 1 atom stereocenters. The monoisotopic (exact) mass is 328 g/mol. The van der Waals surface area contributed by atoms with Crippen LogP contribution in [0, 0.1) is 0 Å². The zero-order chi connectivity index (χ0) is 15.8. The molecule has 8 heteroatoms. The number of nitrogens with zero attached hydrogens (tertiary/aromatic N) is 4. The van der Waals surface area contributed by atoms with Gasteiger partial charge in [-0.15, -0.1) is 0 Å². The standard InChI is InChI=1S/C15H13ClN6O/c16-9-2-1-3-10(6-9)22-5-4-12(15(22)23)20-13-11-7-19-21-14(11)18-8-17-13/h1-3,6-8,12H,4-5H2,(H2,17,18,19,20,21). The lowest BCUT2D eigenvalue weighted by Gasteiger charge is -2.17. The van der Waals surface area contributed by atoms with Gasteiger partial charge in [-0.05, 0) is 24.6 Å². The molecular formula is C15H13ClN6O. The van der Waals surface area contributed by atoms with Crippen LogP contribution in [0.15, 0.2) is 36.8 Å². The summed E-state index contributed by atoms with van der Waals surface area (Å²) in [5.41, 5.74) is 1.45. The van der Waals surface area contributed by atoms with E-state index in [-0.39, 0.29) is 11.9 Å². The number of nitrogens with one attached hydrogen (secondary N) is 2. The molecule has 0 bridgehead atoms. The number of rotatable bonds is 3. The maximum Gasteiger partial charge on any atom is 0.249 e. The number of hydrogen-bond acceptors (Lipinski definition) is 5. The van der Waals surface area contributed by atoms with Gasteiger partial charge in [-0.3, -0.25) is 9.89 Å². The van der Waals surface area contributed by atoms with Crippen molar-refractivity contribution in [2.24, 2.45) is 0 Å². The third-order valence-electron chi connectivity index (χ3n) is 3.88. The number of benzene rings is 1. The molecule has 1 fully saturated rings. The van der Waals surface area contributed by atoms with Gasteiger partial charge in [0.1, 0.15) is 18.2 Å². The molecule has 1 saturated heterocycles. The van der Waals surface area contributed by atoms with Crippen LogP contribution >= 0.6 is 11.6 Å². The molecule has 0 aliphatic carbocycles. The van der Waals surface area contributed by atoms with Crippen molar-refractivity contribution in [3.05, 3.63) is 41.8 Å². The summed E-state index contributed by atoms with van der Waals surface area (Å²) in [5.74, 6) is 0.609. The van der Waals surface area contributed by atoms with E-state index in [1.54, 1.807) is 23.2 Å². The zero-order valence-corrected chi connectivity index (χ0v) is 12.8. The summed E-state index contributed by atoms with van der Waals surface area (Å²) in [4.78, 5) is 22.7. The van der Waals surface area contributed by atoms with Gasteiger partial charge in [-0.1, -0.05) is 17.7 Å². The van der Waals surface area contributed by atoms with Crippen molar-refractivity contribution in [2.45, 2.75) is 12.5 Å². The first-order chi connectivity index (χ1) is 11.2. The second-order valence-electron chi connectivity index (χ2n) is 5.31. The predicted molar refractivity (Wildman–Crippen MR) is 87.5 cm³/mol. The lowest BCUT2D eigenvalue weighted by Crippen LogP contribution is -2.33. The summed E-state index contributed by atoms with van der Waals surface area (Å²) < 4.78 is 0. The van der Waals surface area contributed by atoms with E-state index in [9.17, 15) is 4.79 Å². The average Bonchev–Trinajstić information content (AvgIpc) is 3.16. The highest BCUT2D eigenvalue weighted by atomic mass is 35.5. The quantitative estimate of drug-likeness (QED) is 0.770. The van der Waals surface area contributed by atoms with Crippen LogP contribution in [0.4, 0.5) is 11.5 Å². The van der Waals surface area contributed by atoms with E-state index in [4.69, 9.17) is 11.6 Å². The Kier molecular flexibility index (Phi) is 3.34. The molecule has 0 radical (unpaired) electrons. The van der Waals surface area contributed by atoms with Gasteiger partial charge in [-0.25, -0.2) is 9.97 Å². The van der Waals surface area contributed by atoms with Gasteiger partial charge in [0.15, 0.2) is 5.65 Å². The van der Waals surface area contributed by atoms with Gasteiger partial charge in [0, 0.05) is 17.3 Å². The minimum Gasteiger partial charge on any atom is -0.358 e. The minimum absolute atomic E-state index is 0.00234. The Morgan fingerprint density at radius 1 is 1.35 bits per heavy atom. The Labute approximate surface area is 136 Å². The summed E-state index contributed by atoms with van der Waals surface area (Å²) in [6.45, 7) is 0.635. The number of carbonyl (C=O) groups is 1. The molecule has 0 saturated carbocycles. The summed E-state index contributed by atoms with van der Waals surface area (Å²) >= 11 is 6.01. The first-order valence-electron chi connectivity index (χ1n) is 7.20. The Morgan fingerprint density at radius 3 is 3.13 bits per heavy atom. The SMILES string of the molecule is O=C1C(Nc2ncnc3[nH]ncc23)CCN1c1cccc(Cl)c1. The van der Waals surface area contributed by atoms with Gasteiger partial charge in [0.25, 0.3) is 0 Å². The number of anilines is 2. The van der Waals surface area contributed by atoms with Crippen molar-refractivity contribution < 1.29 is 4.79 Å². The van der Waals surface area contributed by atoms with Crippen LogP contribution in [0.5, 0.6) is 0 Å². The van der Waals surface area contributed by atoms with Gasteiger partial charge >= 0.3 is 0 Å². The summed E-state index contributed by atoms with van der Waals surface area (Å²) in [6.07, 6.45) is 3.78. The molecule has 1 aromatic carbocycles. The fraction of sp³-hybridized carbons (Fsp3) is 0.200. The number of amides is 1. The number of hydrogen-bond donors (Lipinski definition) is 2. The largest absolute Gasteiger partial charge is 0.358 e. The van der Waals surface area contributed by atoms with E-state index >= 15 is 0 Å². The van der Waals surface area contributed by atoms with Crippen molar-refractivity contribution in [2.75, 3.05) is 16.8 Å². The normalized spacial score (nSPS) is 17.9. The highest BCUT2D eigenvalue weighted by Crippen LogP contribution is 2.26. The fourth-order valence-corrected chi connectivity index (χ4v) is 2.94. The van der Waals surface area contributed by atoms with E-state index in [2.05, 4.69) is 25.5 Å². The molecule has 1 aliphatic heterocycles. The number of halogens is 1. The molecule has 7 nitrogen and oxygen atoms in total. The number of fused-ring (bicyclic) bond motifs is 1. The average molecular weight is 329 g/mol. The Morgan fingerprint density at radius 2 is 2.26 bits per heavy atom. The molecule has 1 amide bonds. The number of aromatic amines is 1. The summed E-state index contributed by atoms with van der Waals surface area (Å²) in [5, 5.41) is 11.3. The van der Waals surface area contributed by atoms with Crippen molar-refractivity contribution in [1.29, 1.82) is 0 Å². The van der Waals surface area contributed by atoms with Gasteiger partial charge in [0.2, 0.25) is 5.91 Å². The molecule has 23 heavy (non-hydrogen) atoms. The van der Waals surface area contributed by atoms with Crippen LogP contribution in [0.25, 0.3) is 11.0 Å². The van der Waals surface area contributed by atoms with Crippen LogP contribution in [-0.2, 0) is 4.79 Å². The molecule has 116 valence electrons. The minimum atomic E-state index is -0.331. The first-order valence-corrected chi connectivity index (χ1v) is 7.58. The molecule has 2 aromatic heterocycles. The van der Waals surface area contributed by atoms with E-state index < -0.39 is 0 Å². The van der Waals surface area contributed by atoms with Crippen molar-refractivity contribution in [1.82, 2.24) is 20.2 Å². The van der Waals surface area contributed by atoms with Crippen LogP contribution in [-0.4, -0.2) is 38.7 Å². The number of aromatic nitrogens is 4. The van der Waals surface area contributed by atoms with Gasteiger partial charge in [0.05, 0.1) is 11.6 Å². The lowest BCUT2D eigenvalue weighted by atomic mass is 10.2. The van der Waals surface area contributed by atoms with Crippen LogP contribution in [0.1, 0.15) is 6.42 Å². The zero-order valence-electron chi connectivity index (χ0n) is 12.0. The smallest absolute Gasteiger partial charge is 0.249 e. The molecule has 0 spiro atoms. The Hall–Kier alpha value is -2.67. The summed E-state index contributed by atoms with van der Waals surface area (Å²) in [7, 11) is 0. The fourth-order valence-electron chi connectivity index (χ4n) is 2.76. The van der Waals surface area contributed by atoms with E-state index in [0.29, 0.717) is 29.5 Å². The molecule has 1 aliphatic rings. The third kappa shape index (κ3) is 2.49. The lowest BCUT2D eigenvalue weighted by molar-refractivity contribution is -0.117.